The average molecular weight is 166 g/mol. The van der Waals surface area contributed by atoms with Crippen molar-refractivity contribution < 1.29 is 13.2 Å². The van der Waals surface area contributed by atoms with Crippen LogP contribution in [0, 0.1) is 5.41 Å². The van der Waals surface area contributed by atoms with Gasteiger partial charge in [-0.15, -0.1) is 0 Å². The van der Waals surface area contributed by atoms with Crippen LogP contribution in [0.25, 0.3) is 0 Å². The van der Waals surface area contributed by atoms with Crippen LogP contribution < -0.4 is 0 Å². The molecule has 0 spiro atoms. The Bertz CT molecular complexity index is 128. The Labute approximate surface area is 64.8 Å². The maximum Gasteiger partial charge on any atom is 0.389 e. The van der Waals surface area contributed by atoms with Gasteiger partial charge in [0.05, 0.1) is 0 Å². The molecule has 0 saturated heterocycles. The summed E-state index contributed by atoms with van der Waals surface area (Å²) in [5.41, 5.74) is 0.269. The highest BCUT2D eigenvalue weighted by molar-refractivity contribution is 4.88. The van der Waals surface area contributed by atoms with Gasteiger partial charge in [0.15, 0.2) is 0 Å². The van der Waals surface area contributed by atoms with Crippen molar-refractivity contribution in [2.24, 2.45) is 5.41 Å². The van der Waals surface area contributed by atoms with Crippen molar-refractivity contribution in [3.05, 3.63) is 0 Å². The number of hydrogen-bond acceptors (Lipinski definition) is 0. The van der Waals surface area contributed by atoms with Crippen molar-refractivity contribution in [1.82, 2.24) is 0 Å². The molecule has 0 radical (unpaired) electrons. The highest BCUT2D eigenvalue weighted by Gasteiger charge is 2.37. The van der Waals surface area contributed by atoms with Gasteiger partial charge in [0.2, 0.25) is 0 Å². The maximum absolute atomic E-state index is 11.7. The molecule has 0 nitrogen and oxygen atoms in total. The molecule has 0 aromatic carbocycles. The van der Waals surface area contributed by atoms with E-state index in [2.05, 4.69) is 6.92 Å². The van der Waals surface area contributed by atoms with E-state index in [0.717, 1.165) is 19.3 Å². The number of alkyl halides is 3. The Hall–Kier alpha value is -0.210. The first-order valence-electron chi connectivity index (χ1n) is 3.98. The van der Waals surface area contributed by atoms with Crippen molar-refractivity contribution in [3.63, 3.8) is 0 Å². The van der Waals surface area contributed by atoms with E-state index in [9.17, 15) is 13.2 Å². The van der Waals surface area contributed by atoms with Gasteiger partial charge in [0.1, 0.15) is 0 Å². The molecule has 1 fully saturated rings. The van der Waals surface area contributed by atoms with E-state index in [1.165, 1.54) is 0 Å². The molecule has 0 aromatic heterocycles. The number of rotatable bonds is 3. The summed E-state index contributed by atoms with van der Waals surface area (Å²) in [6, 6.07) is 0. The maximum atomic E-state index is 11.7. The zero-order valence-corrected chi connectivity index (χ0v) is 6.67. The molecule has 66 valence electrons. The van der Waals surface area contributed by atoms with Crippen LogP contribution in [0.15, 0.2) is 0 Å². The molecule has 0 amide bonds. The summed E-state index contributed by atoms with van der Waals surface area (Å²) in [7, 11) is 0. The van der Waals surface area contributed by atoms with E-state index < -0.39 is 12.6 Å². The van der Waals surface area contributed by atoms with Gasteiger partial charge in [-0.25, -0.2) is 0 Å². The van der Waals surface area contributed by atoms with Gasteiger partial charge in [-0.2, -0.15) is 13.2 Å². The molecular formula is C8H13F3. The monoisotopic (exact) mass is 166 g/mol. The van der Waals surface area contributed by atoms with Crippen LogP contribution in [0.3, 0.4) is 0 Å². The Morgan fingerprint density at radius 3 is 2.18 bits per heavy atom. The molecule has 11 heavy (non-hydrogen) atoms. The second kappa shape index (κ2) is 2.68. The largest absolute Gasteiger partial charge is 0.389 e. The third-order valence-corrected chi connectivity index (χ3v) is 2.34. The summed E-state index contributed by atoms with van der Waals surface area (Å²) in [5.74, 6) is 0. The van der Waals surface area contributed by atoms with Crippen molar-refractivity contribution in [2.75, 3.05) is 0 Å². The molecule has 0 bridgehead atoms. The SMILES string of the molecule is CC1(CCCC(F)(F)F)CC1. The molecule has 0 atom stereocenters. The fraction of sp³-hybridized carbons (Fsp3) is 1.00. The lowest BCUT2D eigenvalue weighted by Crippen LogP contribution is -2.07. The van der Waals surface area contributed by atoms with Crippen LogP contribution in [0.2, 0.25) is 0 Å². The van der Waals surface area contributed by atoms with Crippen LogP contribution in [0.4, 0.5) is 13.2 Å². The fourth-order valence-electron chi connectivity index (χ4n) is 1.18. The van der Waals surface area contributed by atoms with E-state index in [-0.39, 0.29) is 5.41 Å². The molecular weight excluding hydrogens is 153 g/mol. The lowest BCUT2D eigenvalue weighted by atomic mass is 10.0. The zero-order chi connectivity index (χ0) is 8.54. The summed E-state index contributed by atoms with van der Waals surface area (Å²) >= 11 is 0. The fourth-order valence-corrected chi connectivity index (χ4v) is 1.18. The van der Waals surface area contributed by atoms with Gasteiger partial charge in [-0.1, -0.05) is 6.92 Å². The Kier molecular flexibility index (Phi) is 2.17. The van der Waals surface area contributed by atoms with E-state index >= 15 is 0 Å². The standard InChI is InChI=1S/C8H13F3/c1-7(5-6-7)3-2-4-8(9,10)11/h2-6H2,1H3. The second-order valence-electron chi connectivity index (χ2n) is 3.78. The van der Waals surface area contributed by atoms with E-state index in [0.29, 0.717) is 6.42 Å². The van der Waals surface area contributed by atoms with Crippen LogP contribution in [0.5, 0.6) is 0 Å². The predicted molar refractivity (Wildman–Crippen MR) is 37.2 cm³/mol. The summed E-state index contributed by atoms with van der Waals surface area (Å²) < 4.78 is 35.0. The summed E-state index contributed by atoms with van der Waals surface area (Å²) in [5, 5.41) is 0. The molecule has 0 aliphatic heterocycles. The predicted octanol–water partition coefficient (Wildman–Crippen LogP) is 3.52. The van der Waals surface area contributed by atoms with Gasteiger partial charge < -0.3 is 0 Å². The minimum atomic E-state index is -3.95. The molecule has 3 heteroatoms. The molecule has 0 unspecified atom stereocenters. The Morgan fingerprint density at radius 2 is 1.82 bits per heavy atom. The average Bonchev–Trinajstić information content (AvgIpc) is 2.44. The van der Waals surface area contributed by atoms with Crippen LogP contribution >= 0.6 is 0 Å². The summed E-state index contributed by atoms with van der Waals surface area (Å²) in [4.78, 5) is 0. The van der Waals surface area contributed by atoms with Gasteiger partial charge in [-0.3, -0.25) is 0 Å². The highest BCUT2D eigenvalue weighted by Crippen LogP contribution is 2.49. The quantitative estimate of drug-likeness (QED) is 0.601. The van der Waals surface area contributed by atoms with Crippen molar-refractivity contribution in [2.45, 2.75) is 45.2 Å². The van der Waals surface area contributed by atoms with Gasteiger partial charge >= 0.3 is 6.18 Å². The van der Waals surface area contributed by atoms with Gasteiger partial charge in [0, 0.05) is 6.42 Å². The highest BCUT2D eigenvalue weighted by atomic mass is 19.4. The molecule has 0 N–H and O–H groups in total. The van der Waals surface area contributed by atoms with Gasteiger partial charge in [0.25, 0.3) is 0 Å². The van der Waals surface area contributed by atoms with Crippen molar-refractivity contribution >= 4 is 0 Å². The normalized spacial score (nSPS) is 21.8. The molecule has 0 heterocycles. The molecule has 0 aromatic rings. The van der Waals surface area contributed by atoms with Crippen LogP contribution in [-0.4, -0.2) is 6.18 Å². The van der Waals surface area contributed by atoms with E-state index in [1.54, 1.807) is 0 Å². The van der Waals surface area contributed by atoms with E-state index in [1.807, 2.05) is 0 Å². The second-order valence-corrected chi connectivity index (χ2v) is 3.78. The third kappa shape index (κ3) is 3.63. The first-order valence-corrected chi connectivity index (χ1v) is 3.98. The number of halogens is 3. The Balaban J connectivity index is 2.05. The van der Waals surface area contributed by atoms with E-state index in [4.69, 9.17) is 0 Å². The van der Waals surface area contributed by atoms with Gasteiger partial charge in [-0.05, 0) is 31.1 Å². The van der Waals surface area contributed by atoms with Crippen LogP contribution in [-0.2, 0) is 0 Å². The molecule has 1 rings (SSSR count). The third-order valence-electron chi connectivity index (χ3n) is 2.34. The topological polar surface area (TPSA) is 0 Å². The molecule has 1 saturated carbocycles. The van der Waals surface area contributed by atoms with Crippen LogP contribution in [0.1, 0.15) is 39.0 Å². The first-order chi connectivity index (χ1) is 4.91. The summed E-state index contributed by atoms with van der Waals surface area (Å²) in [6.07, 6.45) is -1.28. The first kappa shape index (κ1) is 8.88. The lowest BCUT2D eigenvalue weighted by molar-refractivity contribution is -0.136. The smallest absolute Gasteiger partial charge is 0.171 e. The minimum Gasteiger partial charge on any atom is -0.171 e. The molecule has 1 aliphatic carbocycles. The summed E-state index contributed by atoms with van der Waals surface area (Å²) in [6.45, 7) is 2.06. The van der Waals surface area contributed by atoms with Crippen molar-refractivity contribution in [3.8, 4) is 0 Å². The van der Waals surface area contributed by atoms with Crippen molar-refractivity contribution in [1.29, 1.82) is 0 Å². The minimum absolute atomic E-state index is 0.269. The molecule has 1 aliphatic rings. The Morgan fingerprint density at radius 1 is 1.27 bits per heavy atom. The number of hydrogen-bond donors (Lipinski definition) is 0. The lowest BCUT2D eigenvalue weighted by Gasteiger charge is -2.09. The zero-order valence-electron chi connectivity index (χ0n) is 6.67.